The summed E-state index contributed by atoms with van der Waals surface area (Å²) in [5.74, 6) is 0.190. The van der Waals surface area contributed by atoms with Crippen LogP contribution in [-0.2, 0) is 34.0 Å². The van der Waals surface area contributed by atoms with Crippen LogP contribution in [0.25, 0.3) is 11.1 Å². The van der Waals surface area contributed by atoms with E-state index in [-0.39, 0.29) is 25.6 Å². The Bertz CT molecular complexity index is 1180. The van der Waals surface area contributed by atoms with Crippen molar-refractivity contribution in [2.75, 3.05) is 20.8 Å². The number of benzene rings is 3. The van der Waals surface area contributed by atoms with Crippen LogP contribution in [0.4, 0.5) is 9.18 Å². The van der Waals surface area contributed by atoms with Crippen LogP contribution in [0.3, 0.4) is 0 Å². The van der Waals surface area contributed by atoms with Crippen molar-refractivity contribution in [2.24, 2.45) is 0 Å². The lowest BCUT2D eigenvalue weighted by Crippen LogP contribution is -2.31. The van der Waals surface area contributed by atoms with E-state index < -0.39 is 12.1 Å². The van der Waals surface area contributed by atoms with Crippen LogP contribution in [0.5, 0.6) is 11.5 Å². The molecule has 0 bridgehead atoms. The van der Waals surface area contributed by atoms with Gasteiger partial charge < -0.3 is 23.8 Å². The first-order valence-corrected chi connectivity index (χ1v) is 11.5. The standard InChI is InChI=1S/C28H30FNO6/c1-5-30(28(32)36-17-20-11-13-23(29)14-12-20)16-24-22(18-35-19(2)31)15-25(33-3)27(34-4)26(24)21-9-7-6-8-10-21/h6-15H,5,16-18H2,1-4H3. The molecule has 0 fully saturated rings. The lowest BCUT2D eigenvalue weighted by atomic mass is 9.93. The highest BCUT2D eigenvalue weighted by Gasteiger charge is 2.25. The maximum absolute atomic E-state index is 13.2. The van der Waals surface area contributed by atoms with Gasteiger partial charge in [-0.3, -0.25) is 4.79 Å². The Kier molecular flexibility index (Phi) is 9.27. The van der Waals surface area contributed by atoms with Gasteiger partial charge in [0.1, 0.15) is 19.0 Å². The topological polar surface area (TPSA) is 74.3 Å². The summed E-state index contributed by atoms with van der Waals surface area (Å²) in [6.45, 7) is 3.70. The van der Waals surface area contributed by atoms with E-state index in [0.717, 1.165) is 16.7 Å². The van der Waals surface area contributed by atoms with Crippen molar-refractivity contribution >= 4 is 12.1 Å². The largest absolute Gasteiger partial charge is 0.493 e. The lowest BCUT2D eigenvalue weighted by Gasteiger charge is -2.26. The van der Waals surface area contributed by atoms with Gasteiger partial charge in [0.25, 0.3) is 0 Å². The van der Waals surface area contributed by atoms with Crippen LogP contribution in [0.15, 0.2) is 60.7 Å². The van der Waals surface area contributed by atoms with E-state index in [9.17, 15) is 14.0 Å². The second kappa shape index (κ2) is 12.6. The molecular formula is C28H30FNO6. The van der Waals surface area contributed by atoms with Gasteiger partial charge in [0, 0.05) is 19.0 Å². The Morgan fingerprint density at radius 1 is 0.917 bits per heavy atom. The molecule has 190 valence electrons. The summed E-state index contributed by atoms with van der Waals surface area (Å²) in [5, 5.41) is 0. The first-order chi connectivity index (χ1) is 17.4. The number of hydrogen-bond acceptors (Lipinski definition) is 6. The van der Waals surface area contributed by atoms with Crippen molar-refractivity contribution in [3.63, 3.8) is 0 Å². The zero-order valence-electron chi connectivity index (χ0n) is 20.9. The van der Waals surface area contributed by atoms with E-state index in [4.69, 9.17) is 18.9 Å². The van der Waals surface area contributed by atoms with Crippen molar-refractivity contribution in [3.8, 4) is 22.6 Å². The molecule has 0 aliphatic rings. The molecular weight excluding hydrogens is 465 g/mol. The number of halogens is 1. The average molecular weight is 496 g/mol. The number of carbonyl (C=O) groups excluding carboxylic acids is 2. The zero-order valence-corrected chi connectivity index (χ0v) is 20.9. The zero-order chi connectivity index (χ0) is 26.1. The number of rotatable bonds is 10. The molecule has 0 spiro atoms. The number of hydrogen-bond donors (Lipinski definition) is 0. The molecule has 0 N–H and O–H groups in total. The quantitative estimate of drug-likeness (QED) is 0.334. The lowest BCUT2D eigenvalue weighted by molar-refractivity contribution is -0.142. The molecule has 8 heteroatoms. The fraction of sp³-hybridized carbons (Fsp3) is 0.286. The van der Waals surface area contributed by atoms with Gasteiger partial charge in [-0.25, -0.2) is 9.18 Å². The van der Waals surface area contributed by atoms with Crippen molar-refractivity contribution < 1.29 is 32.9 Å². The summed E-state index contributed by atoms with van der Waals surface area (Å²) in [5.41, 5.74) is 3.66. The van der Waals surface area contributed by atoms with Gasteiger partial charge in [-0.2, -0.15) is 0 Å². The highest BCUT2D eigenvalue weighted by molar-refractivity contribution is 5.79. The monoisotopic (exact) mass is 495 g/mol. The average Bonchev–Trinajstić information content (AvgIpc) is 2.89. The molecule has 0 aromatic heterocycles. The van der Waals surface area contributed by atoms with E-state index in [1.807, 2.05) is 37.3 Å². The minimum atomic E-state index is -0.533. The third-order valence-corrected chi connectivity index (χ3v) is 5.63. The van der Waals surface area contributed by atoms with E-state index in [1.165, 1.54) is 31.1 Å². The van der Waals surface area contributed by atoms with Crippen LogP contribution < -0.4 is 9.47 Å². The highest BCUT2D eigenvalue weighted by atomic mass is 19.1. The fourth-order valence-corrected chi connectivity index (χ4v) is 3.80. The van der Waals surface area contributed by atoms with Crippen LogP contribution in [0, 0.1) is 5.82 Å². The Labute approximate surface area is 210 Å². The van der Waals surface area contributed by atoms with Crippen LogP contribution in [0.1, 0.15) is 30.5 Å². The normalized spacial score (nSPS) is 10.5. The summed E-state index contributed by atoms with van der Waals surface area (Å²) in [4.78, 5) is 26.1. The Balaban J connectivity index is 2.01. The van der Waals surface area contributed by atoms with Crippen molar-refractivity contribution in [1.82, 2.24) is 4.90 Å². The molecule has 7 nitrogen and oxygen atoms in total. The van der Waals surface area contributed by atoms with Crippen molar-refractivity contribution in [3.05, 3.63) is 83.2 Å². The van der Waals surface area contributed by atoms with Gasteiger partial charge in [0.15, 0.2) is 11.5 Å². The first-order valence-electron chi connectivity index (χ1n) is 11.5. The molecule has 3 aromatic rings. The van der Waals surface area contributed by atoms with Gasteiger partial charge in [-0.1, -0.05) is 42.5 Å². The molecule has 3 rings (SSSR count). The predicted molar refractivity (Wildman–Crippen MR) is 133 cm³/mol. The molecule has 3 aromatic carbocycles. The molecule has 0 unspecified atom stereocenters. The second-order valence-corrected chi connectivity index (χ2v) is 7.97. The first kappa shape index (κ1) is 26.5. The van der Waals surface area contributed by atoms with E-state index in [2.05, 4.69) is 0 Å². The Hall–Kier alpha value is -4.07. The van der Waals surface area contributed by atoms with Gasteiger partial charge in [0.2, 0.25) is 0 Å². The van der Waals surface area contributed by atoms with Crippen LogP contribution in [0.2, 0.25) is 0 Å². The third kappa shape index (κ3) is 6.53. The van der Waals surface area contributed by atoms with Crippen molar-refractivity contribution in [1.29, 1.82) is 0 Å². The number of methoxy groups -OCH3 is 2. The maximum atomic E-state index is 13.2. The summed E-state index contributed by atoms with van der Waals surface area (Å²) in [6.07, 6.45) is -0.533. The van der Waals surface area contributed by atoms with E-state index >= 15 is 0 Å². The molecule has 1 amide bonds. The number of amides is 1. The molecule has 36 heavy (non-hydrogen) atoms. The number of esters is 1. The maximum Gasteiger partial charge on any atom is 0.410 e. The Morgan fingerprint density at radius 3 is 2.19 bits per heavy atom. The molecule has 0 radical (unpaired) electrons. The molecule has 0 saturated carbocycles. The third-order valence-electron chi connectivity index (χ3n) is 5.63. The SMILES string of the molecule is CCN(Cc1c(COC(C)=O)cc(OC)c(OC)c1-c1ccccc1)C(=O)OCc1ccc(F)cc1. The second-order valence-electron chi connectivity index (χ2n) is 7.97. The smallest absolute Gasteiger partial charge is 0.410 e. The van der Waals surface area contributed by atoms with Gasteiger partial charge in [-0.15, -0.1) is 0 Å². The number of nitrogens with zero attached hydrogens (tertiary/aromatic N) is 1. The summed E-state index contributed by atoms with van der Waals surface area (Å²) in [7, 11) is 3.08. The molecule has 0 aliphatic heterocycles. The Morgan fingerprint density at radius 2 is 1.61 bits per heavy atom. The summed E-state index contributed by atoms with van der Waals surface area (Å²) < 4.78 is 35.3. The van der Waals surface area contributed by atoms with E-state index in [1.54, 1.807) is 25.3 Å². The number of carbonyl (C=O) groups is 2. The minimum Gasteiger partial charge on any atom is -0.493 e. The minimum absolute atomic E-state index is 0.00691. The number of ether oxygens (including phenoxy) is 4. The highest BCUT2D eigenvalue weighted by Crippen LogP contribution is 2.43. The summed E-state index contributed by atoms with van der Waals surface area (Å²) in [6, 6.07) is 17.1. The molecule has 0 atom stereocenters. The molecule has 0 aliphatic carbocycles. The van der Waals surface area contributed by atoms with Crippen molar-refractivity contribution in [2.45, 2.75) is 33.6 Å². The van der Waals surface area contributed by atoms with Crippen LogP contribution in [-0.4, -0.2) is 37.7 Å². The molecule has 0 heterocycles. The summed E-state index contributed by atoms with van der Waals surface area (Å²) >= 11 is 0. The van der Waals surface area contributed by atoms with Gasteiger partial charge in [-0.05, 0) is 47.4 Å². The van der Waals surface area contributed by atoms with Gasteiger partial charge in [0.05, 0.1) is 20.8 Å². The fourth-order valence-electron chi connectivity index (χ4n) is 3.80. The van der Waals surface area contributed by atoms with E-state index in [0.29, 0.717) is 29.2 Å². The van der Waals surface area contributed by atoms with Crippen LogP contribution >= 0.6 is 0 Å². The molecule has 0 saturated heterocycles. The predicted octanol–water partition coefficient (Wildman–Crippen LogP) is 5.73. The van der Waals surface area contributed by atoms with Gasteiger partial charge >= 0.3 is 12.1 Å².